The van der Waals surface area contributed by atoms with Gasteiger partial charge in [-0.15, -0.1) is 0 Å². The summed E-state index contributed by atoms with van der Waals surface area (Å²) in [5, 5.41) is 3.54. The predicted octanol–water partition coefficient (Wildman–Crippen LogP) is 4.78. The lowest BCUT2D eigenvalue weighted by Crippen LogP contribution is -2.32. The minimum absolute atomic E-state index is 0.0933. The average Bonchev–Trinajstić information content (AvgIpc) is 3.22. The summed E-state index contributed by atoms with van der Waals surface area (Å²) in [7, 11) is 2.01. The Morgan fingerprint density at radius 2 is 1.57 bits per heavy atom. The van der Waals surface area contributed by atoms with Crippen molar-refractivity contribution >= 4 is 23.0 Å². The van der Waals surface area contributed by atoms with E-state index >= 15 is 0 Å². The van der Waals surface area contributed by atoms with Gasteiger partial charge < -0.3 is 15.1 Å². The fourth-order valence-electron chi connectivity index (χ4n) is 3.74. The molecule has 1 amide bonds. The number of carbonyl (C=O) groups is 1. The summed E-state index contributed by atoms with van der Waals surface area (Å²) >= 11 is 0. The monoisotopic (exact) mass is 371 g/mol. The molecule has 1 heterocycles. The van der Waals surface area contributed by atoms with Crippen LogP contribution in [0, 0.1) is 0 Å². The Kier molecular flexibility index (Phi) is 5.29. The number of para-hydroxylation sites is 3. The Hall–Kier alpha value is -3.27. The molecule has 0 aliphatic carbocycles. The first kappa shape index (κ1) is 18.1. The number of benzene rings is 3. The highest BCUT2D eigenvalue weighted by Crippen LogP contribution is 2.28. The van der Waals surface area contributed by atoms with Gasteiger partial charge in [0.25, 0.3) is 5.91 Å². The molecule has 4 heteroatoms. The van der Waals surface area contributed by atoms with E-state index in [4.69, 9.17) is 0 Å². The fourth-order valence-corrected chi connectivity index (χ4v) is 3.74. The van der Waals surface area contributed by atoms with E-state index in [-0.39, 0.29) is 11.9 Å². The van der Waals surface area contributed by atoms with Gasteiger partial charge in [-0.2, -0.15) is 0 Å². The number of anilines is 3. The third-order valence-corrected chi connectivity index (χ3v) is 5.26. The van der Waals surface area contributed by atoms with Gasteiger partial charge >= 0.3 is 0 Å². The van der Waals surface area contributed by atoms with Crippen LogP contribution in [0.3, 0.4) is 0 Å². The highest BCUT2D eigenvalue weighted by atomic mass is 16.2. The molecule has 1 atom stereocenters. The first-order valence-electron chi connectivity index (χ1n) is 9.71. The minimum Gasteiger partial charge on any atom is -0.380 e. The second kappa shape index (κ2) is 8.17. The highest BCUT2D eigenvalue weighted by molar-refractivity contribution is 6.00. The van der Waals surface area contributed by atoms with Crippen LogP contribution < -0.4 is 10.2 Å². The van der Waals surface area contributed by atoms with E-state index in [9.17, 15) is 4.79 Å². The van der Waals surface area contributed by atoms with Crippen molar-refractivity contribution in [2.24, 2.45) is 0 Å². The molecular formula is C24H25N3O. The second-order valence-electron chi connectivity index (χ2n) is 7.16. The molecule has 1 N–H and O–H groups in total. The third kappa shape index (κ3) is 3.86. The maximum atomic E-state index is 13.3. The van der Waals surface area contributed by atoms with Crippen LogP contribution in [0.5, 0.6) is 0 Å². The molecule has 1 aliphatic rings. The smallest absolute Gasteiger partial charge is 0.256 e. The molecule has 0 bridgehead atoms. The standard InChI is InChI=1S/C24H25N3O/c1-26(21-12-6-3-7-13-21)23-15-9-8-14-22(23)24(28)27-17-16-20(18-27)25-19-10-4-2-5-11-19/h2-15,20,25H,16-18H2,1H3. The van der Waals surface area contributed by atoms with Crippen LogP contribution in [-0.2, 0) is 0 Å². The van der Waals surface area contributed by atoms with Gasteiger partial charge in [-0.25, -0.2) is 0 Å². The van der Waals surface area contributed by atoms with Crippen molar-refractivity contribution in [3.8, 4) is 0 Å². The molecule has 3 aromatic rings. The molecule has 4 rings (SSSR count). The summed E-state index contributed by atoms with van der Waals surface area (Å²) in [6, 6.07) is 28.4. The maximum Gasteiger partial charge on any atom is 0.256 e. The zero-order valence-corrected chi connectivity index (χ0v) is 16.1. The van der Waals surface area contributed by atoms with Crippen molar-refractivity contribution in [2.75, 3.05) is 30.4 Å². The van der Waals surface area contributed by atoms with Gasteiger partial charge in [0.2, 0.25) is 0 Å². The first-order valence-corrected chi connectivity index (χ1v) is 9.71. The van der Waals surface area contributed by atoms with Gasteiger partial charge in [0.15, 0.2) is 0 Å². The predicted molar refractivity (Wildman–Crippen MR) is 115 cm³/mol. The van der Waals surface area contributed by atoms with Gasteiger partial charge in [0.1, 0.15) is 0 Å². The van der Waals surface area contributed by atoms with Crippen molar-refractivity contribution in [3.63, 3.8) is 0 Å². The molecule has 1 saturated heterocycles. The lowest BCUT2D eigenvalue weighted by atomic mass is 10.1. The normalized spacial score (nSPS) is 16.0. The van der Waals surface area contributed by atoms with Crippen LogP contribution in [0.2, 0.25) is 0 Å². The molecule has 4 nitrogen and oxygen atoms in total. The number of nitrogens with one attached hydrogen (secondary N) is 1. The number of nitrogens with zero attached hydrogens (tertiary/aromatic N) is 2. The summed E-state index contributed by atoms with van der Waals surface area (Å²) in [5.74, 6) is 0.0933. The van der Waals surface area contributed by atoms with Crippen molar-refractivity contribution in [2.45, 2.75) is 12.5 Å². The van der Waals surface area contributed by atoms with E-state index in [0.29, 0.717) is 0 Å². The highest BCUT2D eigenvalue weighted by Gasteiger charge is 2.28. The zero-order chi connectivity index (χ0) is 19.3. The molecule has 3 aromatic carbocycles. The Bertz CT molecular complexity index is 927. The molecule has 28 heavy (non-hydrogen) atoms. The largest absolute Gasteiger partial charge is 0.380 e. The summed E-state index contributed by atoms with van der Waals surface area (Å²) in [6.07, 6.45) is 0.956. The van der Waals surface area contributed by atoms with Crippen molar-refractivity contribution < 1.29 is 4.79 Å². The molecular weight excluding hydrogens is 346 g/mol. The van der Waals surface area contributed by atoms with Crippen LogP contribution in [0.15, 0.2) is 84.9 Å². The lowest BCUT2D eigenvalue weighted by Gasteiger charge is -2.24. The number of amides is 1. The number of likely N-dealkylation sites (tertiary alicyclic amines) is 1. The average molecular weight is 371 g/mol. The molecule has 0 saturated carbocycles. The molecule has 1 aliphatic heterocycles. The van der Waals surface area contributed by atoms with Gasteiger partial charge in [0.05, 0.1) is 11.3 Å². The Morgan fingerprint density at radius 3 is 2.32 bits per heavy atom. The topological polar surface area (TPSA) is 35.6 Å². The SMILES string of the molecule is CN(c1ccccc1)c1ccccc1C(=O)N1CCC(Nc2ccccc2)C1. The van der Waals surface area contributed by atoms with Crippen LogP contribution in [0.4, 0.5) is 17.1 Å². The summed E-state index contributed by atoms with van der Waals surface area (Å²) in [6.45, 7) is 1.49. The van der Waals surface area contributed by atoms with E-state index in [2.05, 4.69) is 34.5 Å². The van der Waals surface area contributed by atoms with Crippen molar-refractivity contribution in [1.82, 2.24) is 4.90 Å². The Labute approximate surface area is 166 Å². The summed E-state index contributed by atoms with van der Waals surface area (Å²) in [4.78, 5) is 17.3. The summed E-state index contributed by atoms with van der Waals surface area (Å²) in [5.41, 5.74) is 3.84. The van der Waals surface area contributed by atoms with Crippen LogP contribution in [-0.4, -0.2) is 37.0 Å². The number of carbonyl (C=O) groups excluding carboxylic acids is 1. The van der Waals surface area contributed by atoms with Gasteiger partial charge in [-0.1, -0.05) is 48.5 Å². The molecule has 1 fully saturated rings. The van der Waals surface area contributed by atoms with Gasteiger partial charge in [0, 0.05) is 37.6 Å². The molecule has 1 unspecified atom stereocenters. The van der Waals surface area contributed by atoms with Crippen LogP contribution in [0.1, 0.15) is 16.8 Å². The van der Waals surface area contributed by atoms with Gasteiger partial charge in [-0.05, 0) is 42.8 Å². The van der Waals surface area contributed by atoms with E-state index in [1.807, 2.05) is 72.6 Å². The maximum absolute atomic E-state index is 13.3. The van der Waals surface area contributed by atoms with E-state index in [1.54, 1.807) is 0 Å². The second-order valence-corrected chi connectivity index (χ2v) is 7.16. The number of rotatable bonds is 5. The Morgan fingerprint density at radius 1 is 0.929 bits per heavy atom. The fraction of sp³-hybridized carbons (Fsp3) is 0.208. The van der Waals surface area contributed by atoms with Gasteiger partial charge in [-0.3, -0.25) is 4.79 Å². The Balaban J connectivity index is 1.50. The van der Waals surface area contributed by atoms with E-state index < -0.39 is 0 Å². The van der Waals surface area contributed by atoms with Crippen molar-refractivity contribution in [3.05, 3.63) is 90.5 Å². The quantitative estimate of drug-likeness (QED) is 0.701. The first-order chi connectivity index (χ1) is 13.7. The molecule has 0 radical (unpaired) electrons. The van der Waals surface area contributed by atoms with Crippen molar-refractivity contribution in [1.29, 1.82) is 0 Å². The third-order valence-electron chi connectivity index (χ3n) is 5.26. The van der Waals surface area contributed by atoms with Crippen LogP contribution in [0.25, 0.3) is 0 Å². The minimum atomic E-state index is 0.0933. The molecule has 0 aromatic heterocycles. The summed E-state index contributed by atoms with van der Waals surface area (Å²) < 4.78 is 0. The molecule has 142 valence electrons. The lowest BCUT2D eigenvalue weighted by molar-refractivity contribution is 0.0792. The van der Waals surface area contributed by atoms with E-state index in [0.717, 1.165) is 42.1 Å². The van der Waals surface area contributed by atoms with Crippen LogP contribution >= 0.6 is 0 Å². The molecule has 0 spiro atoms. The number of hydrogen-bond acceptors (Lipinski definition) is 3. The van der Waals surface area contributed by atoms with E-state index in [1.165, 1.54) is 0 Å². The number of hydrogen-bond donors (Lipinski definition) is 1. The zero-order valence-electron chi connectivity index (χ0n) is 16.1.